The van der Waals surface area contributed by atoms with Crippen LogP contribution in [0.3, 0.4) is 0 Å². The fourth-order valence-corrected chi connectivity index (χ4v) is 4.66. The fourth-order valence-electron chi connectivity index (χ4n) is 3.61. The lowest BCUT2D eigenvalue weighted by molar-refractivity contribution is 0.341. The molecule has 0 atom stereocenters. The number of hydrogen-bond acceptors (Lipinski definition) is 8. The maximum Gasteiger partial charge on any atom is 0.186 e. The van der Waals surface area contributed by atoms with E-state index < -0.39 is 0 Å². The van der Waals surface area contributed by atoms with Crippen molar-refractivity contribution in [1.29, 1.82) is 0 Å². The van der Waals surface area contributed by atoms with Crippen molar-refractivity contribution in [2.75, 3.05) is 42.6 Å². The molecule has 0 aliphatic carbocycles. The van der Waals surface area contributed by atoms with E-state index in [0.717, 1.165) is 64.4 Å². The summed E-state index contributed by atoms with van der Waals surface area (Å²) in [4.78, 5) is 18.7. The van der Waals surface area contributed by atoms with Gasteiger partial charge in [0.2, 0.25) is 0 Å². The smallest absolute Gasteiger partial charge is 0.186 e. The van der Waals surface area contributed by atoms with Gasteiger partial charge in [0.15, 0.2) is 5.13 Å². The van der Waals surface area contributed by atoms with E-state index in [1.165, 1.54) is 0 Å². The summed E-state index contributed by atoms with van der Waals surface area (Å²) in [6.45, 7) is 6.23. The van der Waals surface area contributed by atoms with Crippen LogP contribution < -0.4 is 14.5 Å². The van der Waals surface area contributed by atoms with Gasteiger partial charge in [0.25, 0.3) is 0 Å². The molecule has 0 spiro atoms. The van der Waals surface area contributed by atoms with E-state index in [0.29, 0.717) is 6.61 Å². The molecular weight excluding hydrogens is 398 g/mol. The average Bonchev–Trinajstić information content (AvgIpc) is 3.40. The summed E-state index contributed by atoms with van der Waals surface area (Å²) in [6, 6.07) is 6.10. The minimum atomic E-state index is 0.671. The maximum atomic E-state index is 5.62. The highest BCUT2D eigenvalue weighted by Gasteiger charge is 2.21. The van der Waals surface area contributed by atoms with E-state index in [1.807, 2.05) is 44.7 Å². The third-order valence-electron chi connectivity index (χ3n) is 5.16. The molecule has 0 saturated carbocycles. The highest BCUT2D eigenvalue weighted by atomic mass is 32.1. The van der Waals surface area contributed by atoms with E-state index in [9.17, 15) is 0 Å². The first-order chi connectivity index (χ1) is 14.7. The van der Waals surface area contributed by atoms with Crippen molar-refractivity contribution < 1.29 is 4.74 Å². The molecule has 8 nitrogen and oxygen atoms in total. The molecular formula is C21H23N7OS. The molecule has 1 aliphatic rings. The molecule has 0 radical (unpaired) electrons. The van der Waals surface area contributed by atoms with Gasteiger partial charge < -0.3 is 14.5 Å². The lowest BCUT2D eigenvalue weighted by Crippen LogP contribution is -2.46. The summed E-state index contributed by atoms with van der Waals surface area (Å²) in [7, 11) is 1.90. The Kier molecular flexibility index (Phi) is 4.96. The van der Waals surface area contributed by atoms with Gasteiger partial charge in [-0.1, -0.05) is 11.3 Å². The van der Waals surface area contributed by atoms with Crippen molar-refractivity contribution in [3.8, 4) is 17.0 Å². The molecule has 3 aromatic heterocycles. The summed E-state index contributed by atoms with van der Waals surface area (Å²) in [5, 5.41) is 5.29. The van der Waals surface area contributed by atoms with Gasteiger partial charge in [-0.3, -0.25) is 9.67 Å². The number of ether oxygens (including phenoxy) is 1. The monoisotopic (exact) mass is 421 g/mol. The normalized spacial score (nSPS) is 14.5. The van der Waals surface area contributed by atoms with E-state index in [1.54, 1.807) is 22.2 Å². The Hall–Kier alpha value is -3.20. The van der Waals surface area contributed by atoms with Crippen molar-refractivity contribution in [1.82, 2.24) is 24.7 Å². The van der Waals surface area contributed by atoms with Crippen LogP contribution in [-0.2, 0) is 7.05 Å². The van der Waals surface area contributed by atoms with Gasteiger partial charge >= 0.3 is 0 Å². The van der Waals surface area contributed by atoms with Gasteiger partial charge in [0, 0.05) is 45.0 Å². The number of hydrogen-bond donors (Lipinski definition) is 0. The van der Waals surface area contributed by atoms with Crippen LogP contribution in [0.2, 0.25) is 0 Å². The molecule has 1 aromatic carbocycles. The first-order valence-corrected chi connectivity index (χ1v) is 10.9. The van der Waals surface area contributed by atoms with Crippen molar-refractivity contribution in [3.63, 3.8) is 0 Å². The molecule has 4 aromatic rings. The molecule has 0 N–H and O–H groups in total. The Balaban J connectivity index is 1.29. The number of aryl methyl sites for hydroxylation is 1. The van der Waals surface area contributed by atoms with Crippen molar-refractivity contribution in [2.24, 2.45) is 7.05 Å². The average molecular weight is 422 g/mol. The number of piperazine rings is 1. The second-order valence-electron chi connectivity index (χ2n) is 7.20. The van der Waals surface area contributed by atoms with E-state index in [-0.39, 0.29) is 0 Å². The molecule has 30 heavy (non-hydrogen) atoms. The van der Waals surface area contributed by atoms with Crippen LogP contribution in [0.5, 0.6) is 5.75 Å². The number of fused-ring (bicyclic) bond motifs is 1. The SMILES string of the molecule is CCOc1ccc2nc(N3CCN(c4cncc(-c5cnn(C)c5)n4)CC3)sc2c1. The third kappa shape index (κ3) is 3.68. The van der Waals surface area contributed by atoms with Crippen LogP contribution in [0.25, 0.3) is 21.5 Å². The van der Waals surface area contributed by atoms with Crippen LogP contribution in [-0.4, -0.2) is 57.5 Å². The summed E-state index contributed by atoms with van der Waals surface area (Å²) in [5.74, 6) is 1.80. The van der Waals surface area contributed by atoms with Crippen LogP contribution in [0.4, 0.5) is 10.9 Å². The van der Waals surface area contributed by atoms with Crippen LogP contribution in [0.1, 0.15) is 6.92 Å². The van der Waals surface area contributed by atoms with Gasteiger partial charge in [-0.2, -0.15) is 5.10 Å². The Labute approximate surface area is 178 Å². The molecule has 4 heterocycles. The van der Waals surface area contributed by atoms with Crippen LogP contribution in [0.15, 0.2) is 43.0 Å². The number of rotatable bonds is 5. The lowest BCUT2D eigenvalue weighted by Gasteiger charge is -2.35. The number of nitrogens with zero attached hydrogens (tertiary/aromatic N) is 7. The number of aromatic nitrogens is 5. The largest absolute Gasteiger partial charge is 0.494 e. The zero-order valence-corrected chi connectivity index (χ0v) is 17.8. The molecule has 5 rings (SSSR count). The lowest BCUT2D eigenvalue weighted by atomic mass is 10.2. The number of anilines is 2. The number of benzene rings is 1. The first kappa shape index (κ1) is 18.8. The van der Waals surface area contributed by atoms with Gasteiger partial charge in [-0.05, 0) is 25.1 Å². The van der Waals surface area contributed by atoms with Gasteiger partial charge in [0.05, 0.1) is 41.1 Å². The summed E-state index contributed by atoms with van der Waals surface area (Å²) < 4.78 is 8.55. The van der Waals surface area contributed by atoms with Gasteiger partial charge in [-0.25, -0.2) is 9.97 Å². The van der Waals surface area contributed by atoms with Crippen molar-refractivity contribution in [2.45, 2.75) is 6.92 Å². The highest BCUT2D eigenvalue weighted by Crippen LogP contribution is 2.32. The molecule has 0 unspecified atom stereocenters. The fraction of sp³-hybridized carbons (Fsp3) is 0.333. The predicted octanol–water partition coefficient (Wildman–Crippen LogP) is 3.21. The molecule has 9 heteroatoms. The zero-order valence-electron chi connectivity index (χ0n) is 17.0. The third-order valence-corrected chi connectivity index (χ3v) is 6.24. The predicted molar refractivity (Wildman–Crippen MR) is 119 cm³/mol. The maximum absolute atomic E-state index is 5.62. The molecule has 1 saturated heterocycles. The highest BCUT2D eigenvalue weighted by molar-refractivity contribution is 7.22. The molecule has 0 bridgehead atoms. The minimum absolute atomic E-state index is 0.671. The van der Waals surface area contributed by atoms with E-state index >= 15 is 0 Å². The Morgan fingerprint density at radius 2 is 1.87 bits per heavy atom. The number of thiazole rings is 1. The van der Waals surface area contributed by atoms with Gasteiger partial charge in [0.1, 0.15) is 11.6 Å². The van der Waals surface area contributed by atoms with Crippen molar-refractivity contribution >= 4 is 32.5 Å². The van der Waals surface area contributed by atoms with E-state index in [2.05, 4.69) is 25.9 Å². The Bertz CT molecular complexity index is 1160. The second-order valence-corrected chi connectivity index (χ2v) is 8.21. The van der Waals surface area contributed by atoms with Crippen molar-refractivity contribution in [3.05, 3.63) is 43.0 Å². The standard InChI is InChI=1S/C21H23N7OS/c1-3-29-16-4-5-17-19(10-16)30-21(25-17)28-8-6-27(7-9-28)20-13-22-12-18(24-20)15-11-23-26(2)14-15/h4-5,10-14H,3,6-9H2,1-2H3. The molecule has 0 amide bonds. The van der Waals surface area contributed by atoms with E-state index in [4.69, 9.17) is 14.7 Å². The molecule has 154 valence electrons. The second kappa shape index (κ2) is 7.91. The quantitative estimate of drug-likeness (QED) is 0.490. The molecule has 1 aliphatic heterocycles. The molecule has 1 fully saturated rings. The summed E-state index contributed by atoms with van der Waals surface area (Å²) in [6.07, 6.45) is 7.39. The topological polar surface area (TPSA) is 72.2 Å². The first-order valence-electron chi connectivity index (χ1n) is 10.0. The zero-order chi connectivity index (χ0) is 20.5. The Morgan fingerprint density at radius 1 is 1.03 bits per heavy atom. The van der Waals surface area contributed by atoms with Crippen LogP contribution in [0, 0.1) is 0 Å². The summed E-state index contributed by atoms with van der Waals surface area (Å²) >= 11 is 1.72. The minimum Gasteiger partial charge on any atom is -0.494 e. The summed E-state index contributed by atoms with van der Waals surface area (Å²) in [5.41, 5.74) is 2.85. The van der Waals surface area contributed by atoms with Crippen LogP contribution >= 0.6 is 11.3 Å². The Morgan fingerprint density at radius 3 is 2.63 bits per heavy atom. The van der Waals surface area contributed by atoms with Gasteiger partial charge in [-0.15, -0.1) is 0 Å².